The van der Waals surface area contributed by atoms with Crippen LogP contribution in [-0.4, -0.2) is 36.0 Å². The SMILES string of the molecule is COc1nn(-c2ccc(C(F)(F)F)cc2)cc1CNC(=O)C1CCC1(C)S(=O)(=O)c1ccc(F)cc1. The first-order valence-corrected chi connectivity index (χ1v) is 12.4. The largest absolute Gasteiger partial charge is 0.480 e. The lowest BCUT2D eigenvalue weighted by molar-refractivity contribution is -0.137. The molecule has 1 fully saturated rings. The minimum Gasteiger partial charge on any atom is -0.480 e. The van der Waals surface area contributed by atoms with E-state index < -0.39 is 44.0 Å². The maximum absolute atomic E-state index is 13.2. The number of nitrogens with one attached hydrogen (secondary N) is 1. The molecule has 4 rings (SSSR count). The van der Waals surface area contributed by atoms with Crippen molar-refractivity contribution in [3.63, 3.8) is 0 Å². The fourth-order valence-electron chi connectivity index (χ4n) is 4.24. The fraction of sp³-hybridized carbons (Fsp3) is 0.333. The zero-order valence-corrected chi connectivity index (χ0v) is 20.2. The highest BCUT2D eigenvalue weighted by atomic mass is 32.2. The number of hydrogen-bond donors (Lipinski definition) is 1. The van der Waals surface area contributed by atoms with Crippen LogP contribution in [0.15, 0.2) is 59.6 Å². The van der Waals surface area contributed by atoms with Gasteiger partial charge in [0.15, 0.2) is 9.84 Å². The number of benzene rings is 2. The van der Waals surface area contributed by atoms with Crippen molar-refractivity contribution >= 4 is 15.7 Å². The van der Waals surface area contributed by atoms with E-state index in [1.807, 2.05) is 0 Å². The highest BCUT2D eigenvalue weighted by molar-refractivity contribution is 7.93. The standard InChI is InChI=1S/C24H23F4N3O4S/c1-23(36(33,34)19-9-5-17(25)6-10-19)12-11-20(23)21(32)29-13-15-14-31(30-22(15)35-2)18-7-3-16(4-8-18)24(26,27)28/h3-10,14,20H,11-13H2,1-2H3,(H,29,32). The average Bonchev–Trinajstić information content (AvgIpc) is 3.24. The summed E-state index contributed by atoms with van der Waals surface area (Å²) in [7, 11) is -2.54. The Hall–Kier alpha value is -3.41. The zero-order valence-electron chi connectivity index (χ0n) is 19.3. The number of carbonyl (C=O) groups is 1. The average molecular weight is 526 g/mol. The van der Waals surface area contributed by atoms with Gasteiger partial charge in [0.25, 0.3) is 0 Å². The van der Waals surface area contributed by atoms with Crippen molar-refractivity contribution in [3.05, 3.63) is 71.7 Å². The van der Waals surface area contributed by atoms with Gasteiger partial charge in [0.2, 0.25) is 11.8 Å². The topological polar surface area (TPSA) is 90.3 Å². The van der Waals surface area contributed by atoms with Gasteiger partial charge in [0.1, 0.15) is 5.82 Å². The van der Waals surface area contributed by atoms with Gasteiger partial charge in [-0.2, -0.15) is 13.2 Å². The summed E-state index contributed by atoms with van der Waals surface area (Å²) in [5.74, 6) is -1.69. The Morgan fingerprint density at radius 3 is 2.33 bits per heavy atom. The third kappa shape index (κ3) is 4.57. The van der Waals surface area contributed by atoms with Crippen LogP contribution in [-0.2, 0) is 27.4 Å². The second kappa shape index (κ2) is 9.23. The molecule has 2 unspecified atom stereocenters. The van der Waals surface area contributed by atoms with E-state index in [9.17, 15) is 30.8 Å². The third-order valence-corrected chi connectivity index (χ3v) is 9.19. The van der Waals surface area contributed by atoms with Gasteiger partial charge in [-0.15, -0.1) is 5.10 Å². The molecule has 1 amide bonds. The van der Waals surface area contributed by atoms with Gasteiger partial charge in [0, 0.05) is 12.7 Å². The molecule has 3 aromatic rings. The number of hydrogen-bond acceptors (Lipinski definition) is 5. The number of sulfone groups is 1. The molecule has 1 heterocycles. The molecule has 1 saturated carbocycles. The van der Waals surface area contributed by atoms with E-state index in [0.717, 1.165) is 24.3 Å². The van der Waals surface area contributed by atoms with Crippen LogP contribution in [0.4, 0.5) is 17.6 Å². The number of ether oxygens (including phenoxy) is 1. The lowest BCUT2D eigenvalue weighted by Gasteiger charge is -2.44. The maximum atomic E-state index is 13.2. The van der Waals surface area contributed by atoms with E-state index in [2.05, 4.69) is 10.4 Å². The first-order valence-electron chi connectivity index (χ1n) is 10.9. The number of carbonyl (C=O) groups excluding carboxylic acids is 1. The number of aromatic nitrogens is 2. The molecule has 36 heavy (non-hydrogen) atoms. The van der Waals surface area contributed by atoms with Crippen molar-refractivity contribution < 1.29 is 35.5 Å². The van der Waals surface area contributed by atoms with E-state index in [-0.39, 0.29) is 23.7 Å². The van der Waals surface area contributed by atoms with Gasteiger partial charge in [-0.3, -0.25) is 4.79 Å². The Morgan fingerprint density at radius 1 is 1.17 bits per heavy atom. The Kier molecular flexibility index (Phi) is 6.58. The number of amides is 1. The molecule has 1 aliphatic rings. The zero-order chi connectivity index (χ0) is 26.3. The molecule has 0 bridgehead atoms. The van der Waals surface area contributed by atoms with Crippen molar-refractivity contribution in [1.29, 1.82) is 0 Å². The minimum atomic E-state index is -4.46. The molecule has 12 heteroatoms. The maximum Gasteiger partial charge on any atom is 0.416 e. The van der Waals surface area contributed by atoms with Crippen LogP contribution >= 0.6 is 0 Å². The van der Waals surface area contributed by atoms with Gasteiger partial charge in [-0.05, 0) is 68.3 Å². The molecule has 0 radical (unpaired) electrons. The van der Waals surface area contributed by atoms with Crippen molar-refractivity contribution in [2.45, 2.75) is 42.1 Å². The van der Waals surface area contributed by atoms with Crippen LogP contribution in [0, 0.1) is 11.7 Å². The summed E-state index contributed by atoms with van der Waals surface area (Å²) in [5, 5.41) is 6.91. The minimum absolute atomic E-state index is 0.0359. The van der Waals surface area contributed by atoms with Crippen LogP contribution in [0.3, 0.4) is 0 Å². The molecule has 0 spiro atoms. The van der Waals surface area contributed by atoms with Gasteiger partial charge in [0.05, 0.1) is 39.5 Å². The summed E-state index contributed by atoms with van der Waals surface area (Å²) in [6, 6.07) is 8.88. The lowest BCUT2D eigenvalue weighted by Crippen LogP contribution is -2.56. The summed E-state index contributed by atoms with van der Waals surface area (Å²) in [4.78, 5) is 12.9. The molecule has 0 saturated heterocycles. The molecule has 2 aromatic carbocycles. The van der Waals surface area contributed by atoms with E-state index in [0.29, 0.717) is 17.7 Å². The molecule has 1 aliphatic carbocycles. The summed E-state index contributed by atoms with van der Waals surface area (Å²) in [6.45, 7) is 1.47. The number of rotatable bonds is 7. The second-order valence-electron chi connectivity index (χ2n) is 8.73. The van der Waals surface area contributed by atoms with Crippen LogP contribution < -0.4 is 10.1 Å². The molecule has 192 valence electrons. The van der Waals surface area contributed by atoms with E-state index in [1.54, 1.807) is 0 Å². The number of nitrogens with zero attached hydrogens (tertiary/aromatic N) is 2. The molecule has 7 nitrogen and oxygen atoms in total. The Balaban J connectivity index is 1.48. The van der Waals surface area contributed by atoms with Gasteiger partial charge >= 0.3 is 6.18 Å². The Labute approximate surface area is 205 Å². The van der Waals surface area contributed by atoms with Crippen molar-refractivity contribution in [2.75, 3.05) is 7.11 Å². The number of halogens is 4. The highest BCUT2D eigenvalue weighted by Crippen LogP contribution is 2.47. The van der Waals surface area contributed by atoms with Crippen LogP contribution in [0.25, 0.3) is 5.69 Å². The van der Waals surface area contributed by atoms with Gasteiger partial charge in [-0.1, -0.05) is 0 Å². The smallest absolute Gasteiger partial charge is 0.416 e. The lowest BCUT2D eigenvalue weighted by atomic mass is 9.73. The molecule has 1 aromatic heterocycles. The van der Waals surface area contributed by atoms with Crippen molar-refractivity contribution in [2.24, 2.45) is 5.92 Å². The first-order chi connectivity index (χ1) is 16.9. The molecule has 1 N–H and O–H groups in total. The van der Waals surface area contributed by atoms with E-state index >= 15 is 0 Å². The van der Waals surface area contributed by atoms with Crippen LogP contribution in [0.2, 0.25) is 0 Å². The Bertz CT molecular complexity index is 1370. The monoisotopic (exact) mass is 525 g/mol. The Morgan fingerprint density at radius 2 is 1.81 bits per heavy atom. The van der Waals surface area contributed by atoms with Crippen LogP contribution in [0.5, 0.6) is 5.88 Å². The first kappa shape index (κ1) is 25.7. The normalized spacial score (nSPS) is 20.0. The number of alkyl halides is 3. The van der Waals surface area contributed by atoms with E-state index in [4.69, 9.17) is 4.74 Å². The van der Waals surface area contributed by atoms with Crippen molar-refractivity contribution in [3.8, 4) is 11.6 Å². The van der Waals surface area contributed by atoms with Crippen LogP contribution in [0.1, 0.15) is 30.9 Å². The predicted octanol–water partition coefficient (Wildman–Crippen LogP) is 4.30. The quantitative estimate of drug-likeness (QED) is 0.367. The van der Waals surface area contributed by atoms with Gasteiger partial charge < -0.3 is 10.1 Å². The summed E-state index contributed by atoms with van der Waals surface area (Å²) in [5.41, 5.74) is 0.0148. The molecule has 2 atom stereocenters. The summed E-state index contributed by atoms with van der Waals surface area (Å²) in [6.07, 6.45) is -2.31. The summed E-state index contributed by atoms with van der Waals surface area (Å²) >= 11 is 0. The summed E-state index contributed by atoms with van der Waals surface area (Å²) < 4.78 is 83.3. The highest BCUT2D eigenvalue weighted by Gasteiger charge is 2.56. The van der Waals surface area contributed by atoms with E-state index in [1.165, 1.54) is 49.2 Å². The van der Waals surface area contributed by atoms with Crippen molar-refractivity contribution in [1.82, 2.24) is 15.1 Å². The molecule has 0 aliphatic heterocycles. The fourth-order valence-corrected chi connectivity index (χ4v) is 6.26. The predicted molar refractivity (Wildman–Crippen MR) is 122 cm³/mol. The third-order valence-electron chi connectivity index (χ3n) is 6.58. The number of methoxy groups -OCH3 is 1. The van der Waals surface area contributed by atoms with Gasteiger partial charge in [-0.25, -0.2) is 17.5 Å². The second-order valence-corrected chi connectivity index (χ2v) is 11.1. The molecular weight excluding hydrogens is 502 g/mol. The molecular formula is C24H23F4N3O4S.